The summed E-state index contributed by atoms with van der Waals surface area (Å²) in [5, 5.41) is 1.62. The van der Waals surface area contributed by atoms with Gasteiger partial charge in [0.1, 0.15) is 0 Å². The molecule has 0 amide bonds. The van der Waals surface area contributed by atoms with E-state index in [-0.39, 0.29) is 0 Å². The topological polar surface area (TPSA) is 29.3 Å². The zero-order chi connectivity index (χ0) is 13.0. The third-order valence-electron chi connectivity index (χ3n) is 3.61. The molecule has 2 nitrogen and oxygen atoms in total. The predicted octanol–water partition coefficient (Wildman–Crippen LogP) is 3.52. The van der Waals surface area contributed by atoms with Gasteiger partial charge in [-0.15, -0.1) is 0 Å². The molecule has 1 heterocycles. The molecule has 0 bridgehead atoms. The van der Waals surface area contributed by atoms with Crippen molar-refractivity contribution in [1.82, 2.24) is 0 Å². The highest BCUT2D eigenvalue weighted by Crippen LogP contribution is 2.32. The lowest BCUT2D eigenvalue weighted by molar-refractivity contribution is 0.745. The van der Waals surface area contributed by atoms with Crippen LogP contribution in [-0.2, 0) is 6.54 Å². The Hall–Kier alpha value is -0.380. The van der Waals surface area contributed by atoms with E-state index in [9.17, 15) is 0 Å². The molecule has 4 heteroatoms. The van der Waals surface area contributed by atoms with Gasteiger partial charge in [0, 0.05) is 24.9 Å². The molecule has 1 unspecified atom stereocenters. The number of halogens is 1. The Kier molecular flexibility index (Phi) is 5.22. The molecule has 18 heavy (non-hydrogen) atoms. The van der Waals surface area contributed by atoms with Gasteiger partial charge < -0.3 is 10.6 Å². The Labute approximate surface area is 119 Å². The Bertz CT molecular complexity index is 397. The van der Waals surface area contributed by atoms with Gasteiger partial charge in [-0.1, -0.05) is 23.7 Å². The second-order valence-corrected chi connectivity index (χ2v) is 6.27. The normalized spacial score (nSPS) is 20.8. The maximum Gasteiger partial charge on any atom is 0.0642 e. The molecule has 1 atom stereocenters. The van der Waals surface area contributed by atoms with Crippen molar-refractivity contribution < 1.29 is 0 Å². The number of nitrogens with two attached hydrogens (primary N) is 1. The number of anilines is 1. The first-order valence-electron chi connectivity index (χ1n) is 6.51. The maximum atomic E-state index is 6.36. The third-order valence-corrected chi connectivity index (χ3v) is 5.06. The SMILES string of the molecule is CSC1CCCN(c2c(Cl)cccc2CN)CC1. The number of nitrogens with zero attached hydrogens (tertiary/aromatic N) is 1. The van der Waals surface area contributed by atoms with Crippen molar-refractivity contribution in [3.8, 4) is 0 Å². The van der Waals surface area contributed by atoms with Crippen LogP contribution in [0.1, 0.15) is 24.8 Å². The van der Waals surface area contributed by atoms with Crippen LogP contribution in [0.4, 0.5) is 5.69 Å². The summed E-state index contributed by atoms with van der Waals surface area (Å²) in [6.45, 7) is 2.73. The molecule has 0 spiro atoms. The van der Waals surface area contributed by atoms with Gasteiger partial charge in [0.25, 0.3) is 0 Å². The van der Waals surface area contributed by atoms with Gasteiger partial charge in [-0.3, -0.25) is 0 Å². The van der Waals surface area contributed by atoms with Crippen molar-refractivity contribution in [2.75, 3.05) is 24.2 Å². The molecular weight excluding hydrogens is 264 g/mol. The summed E-state index contributed by atoms with van der Waals surface area (Å²) in [6, 6.07) is 6.03. The molecular formula is C14H21ClN2S. The van der Waals surface area contributed by atoms with Gasteiger partial charge in [0.05, 0.1) is 10.7 Å². The van der Waals surface area contributed by atoms with Crippen molar-refractivity contribution in [2.45, 2.75) is 31.1 Å². The standard InChI is InChI=1S/C14H21ClN2S/c1-18-12-5-3-8-17(9-7-12)14-11(10-16)4-2-6-13(14)15/h2,4,6,12H,3,5,7-10,16H2,1H3. The maximum absolute atomic E-state index is 6.36. The minimum absolute atomic E-state index is 0.554. The Balaban J connectivity index is 2.20. The number of rotatable bonds is 3. The van der Waals surface area contributed by atoms with Crippen LogP contribution in [0.5, 0.6) is 0 Å². The van der Waals surface area contributed by atoms with Gasteiger partial charge in [-0.2, -0.15) is 11.8 Å². The smallest absolute Gasteiger partial charge is 0.0642 e. The first-order chi connectivity index (χ1) is 8.76. The van der Waals surface area contributed by atoms with Crippen LogP contribution >= 0.6 is 23.4 Å². The molecule has 0 aromatic heterocycles. The molecule has 2 N–H and O–H groups in total. The molecule has 1 aromatic rings. The van der Waals surface area contributed by atoms with E-state index in [0.717, 1.165) is 34.6 Å². The minimum Gasteiger partial charge on any atom is -0.370 e. The minimum atomic E-state index is 0.554. The van der Waals surface area contributed by atoms with Crippen molar-refractivity contribution in [3.05, 3.63) is 28.8 Å². The Morgan fingerprint density at radius 2 is 2.22 bits per heavy atom. The van der Waals surface area contributed by atoms with Crippen molar-refractivity contribution in [2.24, 2.45) is 5.73 Å². The predicted molar refractivity (Wildman–Crippen MR) is 82.7 cm³/mol. The summed E-state index contributed by atoms with van der Waals surface area (Å²) in [4.78, 5) is 2.42. The van der Waals surface area contributed by atoms with E-state index in [2.05, 4.69) is 17.2 Å². The van der Waals surface area contributed by atoms with Crippen LogP contribution < -0.4 is 10.6 Å². The fourth-order valence-electron chi connectivity index (χ4n) is 2.60. The molecule has 100 valence electrons. The highest BCUT2D eigenvalue weighted by Gasteiger charge is 2.19. The quantitative estimate of drug-likeness (QED) is 0.921. The average molecular weight is 285 g/mol. The second kappa shape index (κ2) is 6.69. The number of thioether (sulfide) groups is 1. The number of para-hydroxylation sites is 1. The number of benzene rings is 1. The van der Waals surface area contributed by atoms with Crippen LogP contribution in [-0.4, -0.2) is 24.6 Å². The highest BCUT2D eigenvalue weighted by atomic mass is 35.5. The third kappa shape index (κ3) is 3.14. The fourth-order valence-corrected chi connectivity index (χ4v) is 3.66. The zero-order valence-electron chi connectivity index (χ0n) is 10.9. The van der Waals surface area contributed by atoms with Crippen molar-refractivity contribution in [3.63, 3.8) is 0 Å². The van der Waals surface area contributed by atoms with Crippen LogP contribution in [0.15, 0.2) is 18.2 Å². The zero-order valence-corrected chi connectivity index (χ0v) is 12.4. The van der Waals surface area contributed by atoms with Crippen molar-refractivity contribution in [1.29, 1.82) is 0 Å². The molecule has 1 saturated heterocycles. The summed E-state index contributed by atoms with van der Waals surface area (Å²) in [5.74, 6) is 0. The van der Waals surface area contributed by atoms with Gasteiger partial charge >= 0.3 is 0 Å². The molecule has 0 radical (unpaired) electrons. The Morgan fingerprint density at radius 3 is 2.94 bits per heavy atom. The molecule has 1 aliphatic rings. The van der Waals surface area contributed by atoms with Crippen LogP contribution in [0.2, 0.25) is 5.02 Å². The van der Waals surface area contributed by atoms with Crippen LogP contribution in [0.25, 0.3) is 0 Å². The van der Waals surface area contributed by atoms with Crippen molar-refractivity contribution >= 4 is 29.1 Å². The average Bonchev–Trinajstić information content (AvgIpc) is 2.63. The fraction of sp³-hybridized carbons (Fsp3) is 0.571. The van der Waals surface area contributed by atoms with E-state index in [0.29, 0.717) is 6.54 Å². The lowest BCUT2D eigenvalue weighted by Gasteiger charge is -2.26. The highest BCUT2D eigenvalue weighted by molar-refractivity contribution is 7.99. The number of hydrogen-bond acceptors (Lipinski definition) is 3. The molecule has 0 saturated carbocycles. The summed E-state index contributed by atoms with van der Waals surface area (Å²) < 4.78 is 0. The lowest BCUT2D eigenvalue weighted by atomic mass is 10.1. The summed E-state index contributed by atoms with van der Waals surface area (Å²) in [7, 11) is 0. The van der Waals surface area contributed by atoms with Gasteiger partial charge in [-0.05, 0) is 37.1 Å². The van der Waals surface area contributed by atoms with E-state index in [1.165, 1.54) is 19.3 Å². The largest absolute Gasteiger partial charge is 0.370 e. The first-order valence-corrected chi connectivity index (χ1v) is 8.18. The summed E-state index contributed by atoms with van der Waals surface area (Å²) in [5.41, 5.74) is 8.14. The summed E-state index contributed by atoms with van der Waals surface area (Å²) >= 11 is 8.35. The summed E-state index contributed by atoms with van der Waals surface area (Å²) in [6.07, 6.45) is 5.98. The Morgan fingerprint density at radius 1 is 1.39 bits per heavy atom. The van der Waals surface area contributed by atoms with Gasteiger partial charge in [-0.25, -0.2) is 0 Å². The second-order valence-electron chi connectivity index (χ2n) is 4.73. The molecule has 1 aromatic carbocycles. The lowest BCUT2D eigenvalue weighted by Crippen LogP contribution is -2.26. The molecule has 1 aliphatic heterocycles. The van der Waals surface area contributed by atoms with Crippen LogP contribution in [0, 0.1) is 0 Å². The first kappa shape index (κ1) is 14.0. The van der Waals surface area contributed by atoms with E-state index < -0.39 is 0 Å². The van der Waals surface area contributed by atoms with E-state index in [4.69, 9.17) is 17.3 Å². The molecule has 1 fully saturated rings. The van der Waals surface area contributed by atoms with Gasteiger partial charge in [0.15, 0.2) is 0 Å². The van der Waals surface area contributed by atoms with E-state index in [1.54, 1.807) is 0 Å². The monoisotopic (exact) mass is 284 g/mol. The molecule has 2 rings (SSSR count). The van der Waals surface area contributed by atoms with Gasteiger partial charge in [0.2, 0.25) is 0 Å². The molecule has 0 aliphatic carbocycles. The van der Waals surface area contributed by atoms with E-state index in [1.807, 2.05) is 23.9 Å². The number of hydrogen-bond donors (Lipinski definition) is 1. The van der Waals surface area contributed by atoms with Crippen LogP contribution in [0.3, 0.4) is 0 Å². The van der Waals surface area contributed by atoms with E-state index >= 15 is 0 Å².